The Kier molecular flexibility index (Phi) is 11.0. The number of aliphatic imine (C=N–C) groups is 2. The zero-order chi connectivity index (χ0) is 36.8. The lowest BCUT2D eigenvalue weighted by Gasteiger charge is -2.26. The number of amides is 3. The lowest BCUT2D eigenvalue weighted by atomic mass is 10.1. The van der Waals surface area contributed by atoms with Crippen LogP contribution in [0.4, 0.5) is 0 Å². The van der Waals surface area contributed by atoms with E-state index in [2.05, 4.69) is 20.6 Å². The van der Waals surface area contributed by atoms with Crippen molar-refractivity contribution in [1.82, 2.24) is 15.5 Å². The van der Waals surface area contributed by atoms with Gasteiger partial charge in [-0.05, 0) is 63.1 Å². The van der Waals surface area contributed by atoms with Crippen molar-refractivity contribution in [2.24, 2.45) is 9.98 Å². The van der Waals surface area contributed by atoms with Crippen LogP contribution in [0.3, 0.4) is 0 Å². The van der Waals surface area contributed by atoms with Crippen LogP contribution in [-0.2, 0) is 19.1 Å². The summed E-state index contributed by atoms with van der Waals surface area (Å²) < 4.78 is 11.5. The van der Waals surface area contributed by atoms with E-state index in [0.717, 1.165) is 0 Å². The average molecular weight is 706 g/mol. The molecule has 270 valence electrons. The molecule has 0 saturated carbocycles. The van der Waals surface area contributed by atoms with Crippen molar-refractivity contribution in [2.75, 3.05) is 26.2 Å². The van der Waals surface area contributed by atoms with Crippen LogP contribution in [-0.4, -0.2) is 116 Å². The summed E-state index contributed by atoms with van der Waals surface area (Å²) in [4.78, 5) is 49.7. The quantitative estimate of drug-likeness (QED) is 0.0942. The van der Waals surface area contributed by atoms with E-state index in [1.807, 2.05) is 0 Å². The summed E-state index contributed by atoms with van der Waals surface area (Å²) in [5.41, 5.74) is 0.167. The van der Waals surface area contributed by atoms with Gasteiger partial charge in [0.2, 0.25) is 17.7 Å². The number of para-hydroxylation sites is 3. The SMILES string of the molecule is CC1OC(c2cccc(O)c2O)=N[C@@H]1C(=O)NCCCN(CCCNC(=O)c1cccc(O)c1O)C(=O)[C@H]1N=C(c2cccc(O)c2O)O[C@@H]1C. The number of hydrogen-bond donors (Lipinski definition) is 8. The summed E-state index contributed by atoms with van der Waals surface area (Å²) in [6.07, 6.45) is -0.755. The summed E-state index contributed by atoms with van der Waals surface area (Å²) in [5.74, 6) is -4.00. The zero-order valence-electron chi connectivity index (χ0n) is 27.8. The Morgan fingerprint density at radius 1 is 0.667 bits per heavy atom. The second-order valence-electron chi connectivity index (χ2n) is 12.0. The minimum Gasteiger partial charge on any atom is -0.504 e. The van der Waals surface area contributed by atoms with Crippen molar-refractivity contribution in [3.05, 3.63) is 71.3 Å². The third-order valence-electron chi connectivity index (χ3n) is 8.37. The first-order chi connectivity index (χ1) is 24.4. The number of phenolic OH excluding ortho intramolecular Hbond substituents is 6. The second kappa shape index (κ2) is 15.6. The van der Waals surface area contributed by atoms with Crippen LogP contribution in [0.2, 0.25) is 0 Å². The first kappa shape index (κ1) is 36.1. The third kappa shape index (κ3) is 8.01. The molecule has 3 amide bonds. The highest BCUT2D eigenvalue weighted by Crippen LogP contribution is 2.33. The van der Waals surface area contributed by atoms with E-state index >= 15 is 0 Å². The fourth-order valence-electron chi connectivity index (χ4n) is 5.59. The molecule has 1 unspecified atom stereocenters. The Bertz CT molecular complexity index is 1860. The van der Waals surface area contributed by atoms with E-state index in [9.17, 15) is 45.0 Å². The molecule has 2 aliphatic heterocycles. The van der Waals surface area contributed by atoms with Crippen LogP contribution in [0.1, 0.15) is 48.2 Å². The fraction of sp³-hybridized carbons (Fsp3) is 0.343. The fourth-order valence-corrected chi connectivity index (χ4v) is 5.59. The predicted octanol–water partition coefficient (Wildman–Crippen LogP) is 1.84. The number of phenols is 6. The molecule has 3 aromatic carbocycles. The molecule has 5 rings (SSSR count). The summed E-state index contributed by atoms with van der Waals surface area (Å²) in [6.45, 7) is 3.91. The normalized spacial score (nSPS) is 19.3. The standard InChI is InChI=1S/C35H39N5O11/c1-18-26(38-33(50-18)21-9-4-12-24(42)29(21)45)32(48)37-15-7-17-40(16-6-14-36-31(47)20-8-3-11-23(41)28(20)44)35(49)27-19(2)51-34(39-27)22-10-5-13-25(43)30(22)46/h3-5,8-13,18-19,26-27,41-46H,6-7,14-17H2,1-2H3,(H,36,47)(H,37,48)/t18?,19-,26+,27+/m1/s1. The number of nitrogens with one attached hydrogen (secondary N) is 2. The Labute approximate surface area is 292 Å². The monoisotopic (exact) mass is 705 g/mol. The Morgan fingerprint density at radius 3 is 1.71 bits per heavy atom. The van der Waals surface area contributed by atoms with Crippen molar-refractivity contribution in [1.29, 1.82) is 0 Å². The first-order valence-electron chi connectivity index (χ1n) is 16.2. The van der Waals surface area contributed by atoms with Crippen LogP contribution in [0.15, 0.2) is 64.6 Å². The molecule has 0 fully saturated rings. The maximum Gasteiger partial charge on any atom is 0.255 e. The number of carbonyl (C=O) groups is 3. The number of aromatic hydroxyl groups is 6. The van der Waals surface area contributed by atoms with E-state index in [4.69, 9.17) is 9.47 Å². The summed E-state index contributed by atoms with van der Waals surface area (Å²) in [6, 6.07) is 10.7. The number of ether oxygens (including phenoxy) is 2. The van der Waals surface area contributed by atoms with E-state index in [1.165, 1.54) is 59.5 Å². The maximum absolute atomic E-state index is 13.8. The van der Waals surface area contributed by atoms with Gasteiger partial charge in [0, 0.05) is 26.2 Å². The molecule has 8 N–H and O–H groups in total. The Morgan fingerprint density at radius 2 is 1.14 bits per heavy atom. The smallest absolute Gasteiger partial charge is 0.255 e. The van der Waals surface area contributed by atoms with Crippen molar-refractivity contribution >= 4 is 29.5 Å². The zero-order valence-corrected chi connectivity index (χ0v) is 27.8. The van der Waals surface area contributed by atoms with Gasteiger partial charge in [0.1, 0.15) is 12.2 Å². The van der Waals surface area contributed by atoms with Gasteiger partial charge < -0.3 is 55.6 Å². The highest BCUT2D eigenvalue weighted by molar-refractivity contribution is 6.02. The molecule has 3 aromatic rings. The van der Waals surface area contributed by atoms with E-state index in [0.29, 0.717) is 12.8 Å². The molecule has 51 heavy (non-hydrogen) atoms. The molecule has 16 nitrogen and oxygen atoms in total. The van der Waals surface area contributed by atoms with E-state index in [-0.39, 0.29) is 66.2 Å². The molecule has 2 aliphatic rings. The minimum atomic E-state index is -0.992. The van der Waals surface area contributed by atoms with Crippen LogP contribution in [0, 0.1) is 0 Å². The molecule has 16 heteroatoms. The molecule has 2 heterocycles. The van der Waals surface area contributed by atoms with Gasteiger partial charge in [-0.3, -0.25) is 14.4 Å². The van der Waals surface area contributed by atoms with Crippen molar-refractivity contribution in [3.63, 3.8) is 0 Å². The minimum absolute atomic E-state index is 0.00786. The maximum atomic E-state index is 13.8. The molecule has 0 spiro atoms. The summed E-state index contributed by atoms with van der Waals surface area (Å²) >= 11 is 0. The lowest BCUT2D eigenvalue weighted by Crippen LogP contribution is -2.44. The van der Waals surface area contributed by atoms with Crippen molar-refractivity contribution in [3.8, 4) is 34.5 Å². The molecule has 4 atom stereocenters. The lowest BCUT2D eigenvalue weighted by molar-refractivity contribution is -0.134. The Balaban J connectivity index is 1.22. The molecule has 0 saturated heterocycles. The largest absolute Gasteiger partial charge is 0.504 e. The molecule has 0 radical (unpaired) electrons. The van der Waals surface area contributed by atoms with Gasteiger partial charge in [-0.2, -0.15) is 0 Å². The molecule has 0 bridgehead atoms. The number of carbonyl (C=O) groups excluding carboxylic acids is 3. The van der Waals surface area contributed by atoms with Crippen molar-refractivity contribution < 1.29 is 54.5 Å². The van der Waals surface area contributed by atoms with Crippen LogP contribution in [0.25, 0.3) is 0 Å². The highest BCUT2D eigenvalue weighted by Gasteiger charge is 2.38. The van der Waals surface area contributed by atoms with Gasteiger partial charge in [-0.15, -0.1) is 0 Å². The third-order valence-corrected chi connectivity index (χ3v) is 8.37. The average Bonchev–Trinajstić information content (AvgIpc) is 3.69. The number of rotatable bonds is 13. The summed E-state index contributed by atoms with van der Waals surface area (Å²) in [7, 11) is 0. The molecule has 0 aliphatic carbocycles. The number of nitrogens with zero attached hydrogens (tertiary/aromatic N) is 3. The van der Waals surface area contributed by atoms with Gasteiger partial charge in [-0.1, -0.05) is 18.2 Å². The van der Waals surface area contributed by atoms with Crippen LogP contribution >= 0.6 is 0 Å². The molecular formula is C35H39N5O11. The first-order valence-corrected chi connectivity index (χ1v) is 16.2. The van der Waals surface area contributed by atoms with Gasteiger partial charge in [0.05, 0.1) is 16.7 Å². The molecule has 0 aromatic heterocycles. The topological polar surface area (TPSA) is 243 Å². The van der Waals surface area contributed by atoms with E-state index < -0.39 is 65.0 Å². The highest BCUT2D eigenvalue weighted by atomic mass is 16.5. The Hall–Kier alpha value is -6.19. The second-order valence-corrected chi connectivity index (χ2v) is 12.0. The van der Waals surface area contributed by atoms with Gasteiger partial charge >= 0.3 is 0 Å². The van der Waals surface area contributed by atoms with Crippen LogP contribution in [0.5, 0.6) is 34.5 Å². The van der Waals surface area contributed by atoms with Gasteiger partial charge in [0.15, 0.2) is 46.6 Å². The van der Waals surface area contributed by atoms with Gasteiger partial charge in [-0.25, -0.2) is 9.98 Å². The molecular weight excluding hydrogens is 666 g/mol. The van der Waals surface area contributed by atoms with E-state index in [1.54, 1.807) is 13.8 Å². The number of hydrogen-bond acceptors (Lipinski definition) is 13. The number of benzene rings is 3. The van der Waals surface area contributed by atoms with Gasteiger partial charge in [0.25, 0.3) is 11.8 Å². The van der Waals surface area contributed by atoms with Crippen LogP contribution < -0.4 is 10.6 Å². The predicted molar refractivity (Wildman–Crippen MR) is 182 cm³/mol. The summed E-state index contributed by atoms with van der Waals surface area (Å²) in [5, 5.41) is 65.4. The van der Waals surface area contributed by atoms with Crippen molar-refractivity contribution in [2.45, 2.75) is 51.0 Å².